The Morgan fingerprint density at radius 1 is 1.04 bits per heavy atom. The maximum absolute atomic E-state index is 12.2. The molecular weight excluding hydrogens is 362 g/mol. The first-order valence-corrected chi connectivity index (χ1v) is 9.20. The van der Waals surface area contributed by atoms with Gasteiger partial charge < -0.3 is 4.74 Å². The lowest BCUT2D eigenvalue weighted by Gasteiger charge is -2.05. The Bertz CT molecular complexity index is 1150. The highest BCUT2D eigenvalue weighted by Gasteiger charge is 2.13. The molecule has 6 nitrogen and oxygen atoms in total. The summed E-state index contributed by atoms with van der Waals surface area (Å²) in [6.45, 7) is 0.101. The molecule has 0 aliphatic heterocycles. The Morgan fingerprint density at radius 3 is 2.59 bits per heavy atom. The largest absolute Gasteiger partial charge is 0.459 e. The second-order valence-electron chi connectivity index (χ2n) is 5.89. The van der Waals surface area contributed by atoms with Crippen LogP contribution in [0.3, 0.4) is 0 Å². The molecule has 0 bridgehead atoms. The van der Waals surface area contributed by atoms with Gasteiger partial charge in [-0.3, -0.25) is 9.59 Å². The second-order valence-corrected chi connectivity index (χ2v) is 6.75. The van der Waals surface area contributed by atoms with Gasteiger partial charge in [0.2, 0.25) is 0 Å². The maximum atomic E-state index is 12.2. The summed E-state index contributed by atoms with van der Waals surface area (Å²) in [5, 5.41) is 10.3. The van der Waals surface area contributed by atoms with Gasteiger partial charge in [0.1, 0.15) is 11.6 Å². The summed E-state index contributed by atoms with van der Waals surface area (Å²) in [6, 6.07) is 16.9. The van der Waals surface area contributed by atoms with E-state index >= 15 is 0 Å². The number of nitrogens with one attached hydrogen (secondary N) is 1. The third-order valence-electron chi connectivity index (χ3n) is 4.04. The lowest BCUT2D eigenvalue weighted by atomic mass is 10.1. The van der Waals surface area contributed by atoms with E-state index in [-0.39, 0.29) is 18.6 Å². The van der Waals surface area contributed by atoms with Crippen molar-refractivity contribution >= 4 is 28.1 Å². The van der Waals surface area contributed by atoms with Gasteiger partial charge in [-0.15, -0.1) is 11.3 Å². The maximum Gasteiger partial charge on any atom is 0.312 e. The van der Waals surface area contributed by atoms with Crippen LogP contribution in [0, 0.1) is 0 Å². The number of carbonyl (C=O) groups excluding carboxylic acids is 1. The van der Waals surface area contributed by atoms with E-state index in [1.165, 1.54) is 11.3 Å². The summed E-state index contributed by atoms with van der Waals surface area (Å²) >= 11 is 1.51. The Hall–Kier alpha value is -3.32. The summed E-state index contributed by atoms with van der Waals surface area (Å²) in [7, 11) is 0. The minimum absolute atomic E-state index is 0.0209. The molecule has 0 radical (unpaired) electrons. The third kappa shape index (κ3) is 3.78. The lowest BCUT2D eigenvalue weighted by Crippen LogP contribution is -2.15. The molecule has 0 atom stereocenters. The molecule has 0 saturated carbocycles. The summed E-state index contributed by atoms with van der Waals surface area (Å²) < 4.78 is 5.33. The molecule has 0 saturated heterocycles. The topological polar surface area (TPSA) is 84.9 Å². The van der Waals surface area contributed by atoms with Crippen molar-refractivity contribution in [3.05, 3.63) is 81.7 Å². The second kappa shape index (κ2) is 7.51. The van der Waals surface area contributed by atoms with Crippen molar-refractivity contribution in [2.24, 2.45) is 0 Å². The van der Waals surface area contributed by atoms with Crippen molar-refractivity contribution in [2.45, 2.75) is 13.0 Å². The monoisotopic (exact) mass is 377 g/mol. The van der Waals surface area contributed by atoms with Crippen molar-refractivity contribution in [1.82, 2.24) is 15.2 Å². The highest BCUT2D eigenvalue weighted by atomic mass is 32.1. The molecule has 0 fully saturated rings. The van der Waals surface area contributed by atoms with Gasteiger partial charge in [-0.2, -0.15) is 5.10 Å². The first-order valence-electron chi connectivity index (χ1n) is 8.32. The van der Waals surface area contributed by atoms with Crippen LogP contribution < -0.4 is 5.56 Å². The summed E-state index contributed by atoms with van der Waals surface area (Å²) in [4.78, 5) is 28.5. The Morgan fingerprint density at radius 2 is 1.78 bits per heavy atom. The highest BCUT2D eigenvalue weighted by Crippen LogP contribution is 2.23. The van der Waals surface area contributed by atoms with Crippen molar-refractivity contribution in [3.63, 3.8) is 0 Å². The van der Waals surface area contributed by atoms with E-state index in [0.29, 0.717) is 22.2 Å². The molecule has 4 aromatic rings. The van der Waals surface area contributed by atoms with Gasteiger partial charge in [0.15, 0.2) is 0 Å². The Balaban J connectivity index is 1.43. The molecule has 2 aromatic heterocycles. The van der Waals surface area contributed by atoms with E-state index in [0.717, 1.165) is 10.6 Å². The fourth-order valence-electron chi connectivity index (χ4n) is 2.73. The van der Waals surface area contributed by atoms with Crippen LogP contribution in [0.5, 0.6) is 0 Å². The first-order chi connectivity index (χ1) is 13.2. The number of nitrogens with zero attached hydrogens (tertiary/aromatic N) is 2. The van der Waals surface area contributed by atoms with Gasteiger partial charge >= 0.3 is 5.97 Å². The smallest absolute Gasteiger partial charge is 0.312 e. The molecule has 0 amide bonds. The molecule has 134 valence electrons. The molecule has 27 heavy (non-hydrogen) atoms. The minimum Gasteiger partial charge on any atom is -0.459 e. The number of H-pyrrole nitrogens is 1. The van der Waals surface area contributed by atoms with Crippen molar-refractivity contribution in [3.8, 4) is 10.6 Å². The summed E-state index contributed by atoms with van der Waals surface area (Å²) in [6.07, 6.45) is -0.0209. The van der Waals surface area contributed by atoms with E-state index in [9.17, 15) is 9.59 Å². The number of hydrogen-bond donors (Lipinski definition) is 1. The number of aromatic amines is 1. The number of ether oxygens (including phenoxy) is 1. The quantitative estimate of drug-likeness (QED) is 0.539. The number of aromatic nitrogens is 3. The van der Waals surface area contributed by atoms with E-state index in [2.05, 4.69) is 15.2 Å². The van der Waals surface area contributed by atoms with Crippen LogP contribution in [0.1, 0.15) is 11.4 Å². The Kier molecular flexibility index (Phi) is 4.76. The van der Waals surface area contributed by atoms with Crippen LogP contribution in [-0.2, 0) is 22.6 Å². The highest BCUT2D eigenvalue weighted by molar-refractivity contribution is 7.13. The van der Waals surface area contributed by atoms with E-state index in [4.69, 9.17) is 4.74 Å². The number of esters is 1. The fourth-order valence-corrected chi connectivity index (χ4v) is 3.55. The SMILES string of the molecule is O=C(Cc1n[nH]c(=O)c2ccccc12)OCc1csc(-c2ccccc2)n1. The first kappa shape index (κ1) is 17.1. The van der Waals surface area contributed by atoms with Crippen LogP contribution >= 0.6 is 11.3 Å². The zero-order chi connectivity index (χ0) is 18.6. The molecule has 2 heterocycles. The lowest BCUT2D eigenvalue weighted by molar-refractivity contribution is -0.144. The fraction of sp³-hybridized carbons (Fsp3) is 0.100. The number of carbonyl (C=O) groups is 1. The summed E-state index contributed by atoms with van der Waals surface area (Å²) in [5.74, 6) is -0.422. The number of rotatable bonds is 5. The molecule has 0 spiro atoms. The predicted molar refractivity (Wildman–Crippen MR) is 103 cm³/mol. The van der Waals surface area contributed by atoms with Gasteiger partial charge in [0, 0.05) is 16.3 Å². The van der Waals surface area contributed by atoms with Gasteiger partial charge in [-0.25, -0.2) is 10.1 Å². The zero-order valence-corrected chi connectivity index (χ0v) is 15.0. The molecule has 0 aliphatic carbocycles. The average molecular weight is 377 g/mol. The third-order valence-corrected chi connectivity index (χ3v) is 4.98. The minimum atomic E-state index is -0.422. The van der Waals surface area contributed by atoms with E-state index < -0.39 is 5.97 Å². The molecule has 7 heteroatoms. The average Bonchev–Trinajstić information content (AvgIpc) is 3.19. The van der Waals surface area contributed by atoms with Crippen LogP contribution in [0.15, 0.2) is 64.8 Å². The molecule has 4 rings (SSSR count). The van der Waals surface area contributed by atoms with Crippen LogP contribution in [0.4, 0.5) is 0 Å². The van der Waals surface area contributed by atoms with E-state index in [1.54, 1.807) is 24.3 Å². The van der Waals surface area contributed by atoms with Crippen molar-refractivity contribution in [2.75, 3.05) is 0 Å². The number of thiazole rings is 1. The molecule has 0 unspecified atom stereocenters. The summed E-state index contributed by atoms with van der Waals surface area (Å²) in [5.41, 5.74) is 1.94. The van der Waals surface area contributed by atoms with Crippen molar-refractivity contribution in [1.29, 1.82) is 0 Å². The molecule has 1 N–H and O–H groups in total. The van der Waals surface area contributed by atoms with Gasteiger partial charge in [-0.05, 0) is 6.07 Å². The van der Waals surface area contributed by atoms with E-state index in [1.807, 2.05) is 35.7 Å². The van der Waals surface area contributed by atoms with Crippen molar-refractivity contribution < 1.29 is 9.53 Å². The molecule has 0 aliphatic rings. The van der Waals surface area contributed by atoms with Crippen LogP contribution in [0.25, 0.3) is 21.3 Å². The molecule has 2 aromatic carbocycles. The van der Waals surface area contributed by atoms with Gasteiger partial charge in [-0.1, -0.05) is 48.5 Å². The zero-order valence-electron chi connectivity index (χ0n) is 14.2. The normalized spacial score (nSPS) is 10.8. The van der Waals surface area contributed by atoms with Gasteiger partial charge in [0.25, 0.3) is 5.56 Å². The standard InChI is InChI=1S/C20H15N3O3S/c24-18(10-17-15-8-4-5-9-16(15)19(25)23-22-17)26-11-14-12-27-20(21-14)13-6-2-1-3-7-13/h1-9,12H,10-11H2,(H,23,25). The number of hydrogen-bond acceptors (Lipinski definition) is 6. The van der Waals surface area contributed by atoms with Gasteiger partial charge in [0.05, 0.1) is 23.2 Å². The number of benzene rings is 2. The van der Waals surface area contributed by atoms with Crippen LogP contribution in [0.2, 0.25) is 0 Å². The predicted octanol–water partition coefficient (Wildman–Crippen LogP) is 3.33. The molecular formula is C20H15N3O3S. The number of fused-ring (bicyclic) bond motifs is 1. The Labute approximate surface area is 158 Å². The van der Waals surface area contributed by atoms with Crippen LogP contribution in [-0.4, -0.2) is 21.2 Å².